The summed E-state index contributed by atoms with van der Waals surface area (Å²) in [6, 6.07) is 0. The second kappa shape index (κ2) is 4.83. The SMILES string of the molecule is CC(C)C(CCCO)C1CNC1. The maximum Gasteiger partial charge on any atom is 0.0431 e. The van der Waals surface area contributed by atoms with Crippen LogP contribution in [-0.4, -0.2) is 24.8 Å². The van der Waals surface area contributed by atoms with Crippen LogP contribution < -0.4 is 5.32 Å². The molecular weight excluding hydrogens is 150 g/mol. The average molecular weight is 171 g/mol. The molecule has 1 aliphatic rings. The molecule has 1 aliphatic heterocycles. The molecule has 72 valence electrons. The lowest BCUT2D eigenvalue weighted by molar-refractivity contribution is 0.157. The predicted octanol–water partition coefficient (Wildman–Crippen LogP) is 1.25. The lowest BCUT2D eigenvalue weighted by Gasteiger charge is -2.37. The molecule has 1 heterocycles. The molecule has 2 heteroatoms. The highest BCUT2D eigenvalue weighted by Gasteiger charge is 2.28. The molecule has 0 spiro atoms. The van der Waals surface area contributed by atoms with Crippen LogP contribution in [0.25, 0.3) is 0 Å². The molecule has 1 fully saturated rings. The minimum Gasteiger partial charge on any atom is -0.396 e. The summed E-state index contributed by atoms with van der Waals surface area (Å²) in [6.45, 7) is 7.31. The molecule has 0 aromatic carbocycles. The molecule has 12 heavy (non-hydrogen) atoms. The summed E-state index contributed by atoms with van der Waals surface area (Å²) < 4.78 is 0. The van der Waals surface area contributed by atoms with Crippen molar-refractivity contribution in [3.05, 3.63) is 0 Å². The van der Waals surface area contributed by atoms with E-state index in [-0.39, 0.29) is 0 Å². The standard InChI is InChI=1S/C10H21NO/c1-8(2)10(4-3-5-12)9-6-11-7-9/h8-12H,3-7H2,1-2H3. The van der Waals surface area contributed by atoms with E-state index in [1.54, 1.807) is 0 Å². The van der Waals surface area contributed by atoms with E-state index in [1.165, 1.54) is 19.5 Å². The first-order valence-corrected chi connectivity index (χ1v) is 5.07. The van der Waals surface area contributed by atoms with Gasteiger partial charge < -0.3 is 10.4 Å². The molecule has 0 aliphatic carbocycles. The van der Waals surface area contributed by atoms with Gasteiger partial charge in [0.15, 0.2) is 0 Å². The first kappa shape index (κ1) is 10.0. The van der Waals surface area contributed by atoms with E-state index in [2.05, 4.69) is 19.2 Å². The van der Waals surface area contributed by atoms with Crippen LogP contribution in [-0.2, 0) is 0 Å². The van der Waals surface area contributed by atoms with E-state index in [1.807, 2.05) is 0 Å². The first-order chi connectivity index (χ1) is 5.75. The summed E-state index contributed by atoms with van der Waals surface area (Å²) in [7, 11) is 0. The van der Waals surface area contributed by atoms with E-state index in [0.717, 1.165) is 24.2 Å². The Morgan fingerprint density at radius 1 is 1.42 bits per heavy atom. The zero-order valence-electron chi connectivity index (χ0n) is 8.21. The Balaban J connectivity index is 2.27. The Kier molecular flexibility index (Phi) is 4.02. The van der Waals surface area contributed by atoms with Crippen molar-refractivity contribution in [2.75, 3.05) is 19.7 Å². The lowest BCUT2D eigenvalue weighted by atomic mass is 9.77. The van der Waals surface area contributed by atoms with Gasteiger partial charge in [0.1, 0.15) is 0 Å². The fourth-order valence-electron chi connectivity index (χ4n) is 2.05. The fraction of sp³-hybridized carbons (Fsp3) is 1.00. The zero-order valence-corrected chi connectivity index (χ0v) is 8.21. The number of aliphatic hydroxyl groups is 1. The van der Waals surface area contributed by atoms with Crippen molar-refractivity contribution in [3.63, 3.8) is 0 Å². The minimum absolute atomic E-state index is 0.351. The Hall–Kier alpha value is -0.0800. The predicted molar refractivity (Wildman–Crippen MR) is 51.0 cm³/mol. The highest BCUT2D eigenvalue weighted by atomic mass is 16.2. The normalized spacial score (nSPS) is 21.0. The van der Waals surface area contributed by atoms with Crippen molar-refractivity contribution in [1.29, 1.82) is 0 Å². The van der Waals surface area contributed by atoms with Crippen LogP contribution in [0.2, 0.25) is 0 Å². The molecule has 1 unspecified atom stereocenters. The van der Waals surface area contributed by atoms with Crippen LogP contribution in [0.15, 0.2) is 0 Å². The van der Waals surface area contributed by atoms with Crippen molar-refractivity contribution >= 4 is 0 Å². The summed E-state index contributed by atoms with van der Waals surface area (Å²) in [5, 5.41) is 12.1. The van der Waals surface area contributed by atoms with Gasteiger partial charge in [-0.05, 0) is 43.7 Å². The topological polar surface area (TPSA) is 32.3 Å². The highest BCUT2D eigenvalue weighted by molar-refractivity contribution is 4.83. The molecule has 0 bridgehead atoms. The smallest absolute Gasteiger partial charge is 0.0431 e. The summed E-state index contributed by atoms with van der Waals surface area (Å²) in [4.78, 5) is 0. The van der Waals surface area contributed by atoms with Gasteiger partial charge in [-0.1, -0.05) is 13.8 Å². The largest absolute Gasteiger partial charge is 0.396 e. The van der Waals surface area contributed by atoms with Gasteiger partial charge in [-0.25, -0.2) is 0 Å². The quantitative estimate of drug-likeness (QED) is 0.652. The Morgan fingerprint density at radius 3 is 2.42 bits per heavy atom. The number of hydrogen-bond acceptors (Lipinski definition) is 2. The van der Waals surface area contributed by atoms with Crippen molar-refractivity contribution in [1.82, 2.24) is 5.32 Å². The van der Waals surface area contributed by atoms with Gasteiger partial charge >= 0.3 is 0 Å². The van der Waals surface area contributed by atoms with Gasteiger partial charge in [-0.15, -0.1) is 0 Å². The molecule has 2 N–H and O–H groups in total. The molecule has 2 nitrogen and oxygen atoms in total. The number of rotatable bonds is 5. The van der Waals surface area contributed by atoms with Crippen molar-refractivity contribution in [2.24, 2.45) is 17.8 Å². The second-order valence-electron chi connectivity index (χ2n) is 4.19. The third kappa shape index (κ3) is 2.46. The highest BCUT2D eigenvalue weighted by Crippen LogP contribution is 2.28. The van der Waals surface area contributed by atoms with Gasteiger partial charge in [-0.2, -0.15) is 0 Å². The van der Waals surface area contributed by atoms with E-state index < -0.39 is 0 Å². The summed E-state index contributed by atoms with van der Waals surface area (Å²) in [5.74, 6) is 2.46. The molecule has 1 atom stereocenters. The maximum absolute atomic E-state index is 8.75. The maximum atomic E-state index is 8.75. The van der Waals surface area contributed by atoms with Crippen LogP contribution in [0.1, 0.15) is 26.7 Å². The molecule has 1 rings (SSSR count). The van der Waals surface area contributed by atoms with E-state index in [0.29, 0.717) is 6.61 Å². The molecule has 1 saturated heterocycles. The molecular formula is C10H21NO. The minimum atomic E-state index is 0.351. The van der Waals surface area contributed by atoms with Crippen LogP contribution >= 0.6 is 0 Å². The van der Waals surface area contributed by atoms with Gasteiger partial charge in [0.2, 0.25) is 0 Å². The number of hydrogen-bond donors (Lipinski definition) is 2. The first-order valence-electron chi connectivity index (χ1n) is 5.07. The van der Waals surface area contributed by atoms with Gasteiger partial charge in [0.25, 0.3) is 0 Å². The molecule has 0 aromatic heterocycles. The third-order valence-electron chi connectivity index (χ3n) is 2.97. The van der Waals surface area contributed by atoms with Crippen molar-refractivity contribution < 1.29 is 5.11 Å². The second-order valence-corrected chi connectivity index (χ2v) is 4.19. The number of aliphatic hydroxyl groups excluding tert-OH is 1. The summed E-state index contributed by atoms with van der Waals surface area (Å²) >= 11 is 0. The molecule has 0 saturated carbocycles. The molecule has 0 radical (unpaired) electrons. The van der Waals surface area contributed by atoms with E-state index >= 15 is 0 Å². The third-order valence-corrected chi connectivity index (χ3v) is 2.97. The lowest BCUT2D eigenvalue weighted by Crippen LogP contribution is -2.47. The fourth-order valence-corrected chi connectivity index (χ4v) is 2.05. The van der Waals surface area contributed by atoms with Crippen LogP contribution in [0.5, 0.6) is 0 Å². The summed E-state index contributed by atoms with van der Waals surface area (Å²) in [5.41, 5.74) is 0. The number of nitrogens with one attached hydrogen (secondary N) is 1. The van der Waals surface area contributed by atoms with E-state index in [9.17, 15) is 0 Å². The zero-order chi connectivity index (χ0) is 8.97. The Bertz CT molecular complexity index is 121. The van der Waals surface area contributed by atoms with Gasteiger partial charge in [0, 0.05) is 6.61 Å². The average Bonchev–Trinajstić information content (AvgIpc) is 1.93. The Morgan fingerprint density at radius 2 is 2.08 bits per heavy atom. The van der Waals surface area contributed by atoms with Crippen LogP contribution in [0, 0.1) is 17.8 Å². The van der Waals surface area contributed by atoms with Gasteiger partial charge in [-0.3, -0.25) is 0 Å². The summed E-state index contributed by atoms with van der Waals surface area (Å²) in [6.07, 6.45) is 2.17. The molecule has 0 amide bonds. The van der Waals surface area contributed by atoms with E-state index in [4.69, 9.17) is 5.11 Å². The van der Waals surface area contributed by atoms with Gasteiger partial charge in [0.05, 0.1) is 0 Å². The van der Waals surface area contributed by atoms with Crippen LogP contribution in [0.4, 0.5) is 0 Å². The monoisotopic (exact) mass is 171 g/mol. The Labute approximate surface area is 75.4 Å². The van der Waals surface area contributed by atoms with Crippen molar-refractivity contribution in [3.8, 4) is 0 Å². The van der Waals surface area contributed by atoms with Crippen molar-refractivity contribution in [2.45, 2.75) is 26.7 Å². The molecule has 0 aromatic rings. The van der Waals surface area contributed by atoms with Crippen LogP contribution in [0.3, 0.4) is 0 Å².